The minimum atomic E-state index is -2.92. The molecule has 2 aliphatic heterocycles. The Morgan fingerprint density at radius 1 is 1.00 bits per heavy atom. The van der Waals surface area contributed by atoms with Crippen LogP contribution in [0, 0.1) is 13.8 Å². The van der Waals surface area contributed by atoms with Gasteiger partial charge in [-0.15, -0.1) is 0 Å². The fourth-order valence-electron chi connectivity index (χ4n) is 5.06. The van der Waals surface area contributed by atoms with Crippen LogP contribution >= 0.6 is 0 Å². The Bertz CT molecular complexity index is 1330. The Hall–Kier alpha value is -2.97. The highest BCUT2D eigenvalue weighted by Crippen LogP contribution is 2.27. The van der Waals surface area contributed by atoms with Gasteiger partial charge in [-0.3, -0.25) is 14.4 Å². The van der Waals surface area contributed by atoms with Gasteiger partial charge in [0.25, 0.3) is 5.91 Å². The third-order valence-electron chi connectivity index (χ3n) is 7.29. The summed E-state index contributed by atoms with van der Waals surface area (Å²) in [6, 6.07) is 16.4. The second kappa shape index (κ2) is 9.59. The Morgan fingerprint density at radius 2 is 1.74 bits per heavy atom. The van der Waals surface area contributed by atoms with Gasteiger partial charge in [0.15, 0.2) is 9.84 Å². The molecule has 0 N–H and O–H groups in total. The monoisotopic (exact) mass is 492 g/mol. The number of hydrogen-bond donors (Lipinski definition) is 0. The fraction of sp³-hybridized carbons (Fsp3) is 0.407. The van der Waals surface area contributed by atoms with Gasteiger partial charge >= 0.3 is 0 Å². The first-order valence-corrected chi connectivity index (χ1v) is 14.0. The Labute approximate surface area is 207 Å². The van der Waals surface area contributed by atoms with Gasteiger partial charge in [0.2, 0.25) is 0 Å². The molecule has 0 radical (unpaired) electrons. The molecule has 3 heterocycles. The number of amides is 1. The van der Waals surface area contributed by atoms with Crippen LogP contribution in [0.5, 0.6) is 0 Å². The van der Waals surface area contributed by atoms with Crippen molar-refractivity contribution >= 4 is 15.7 Å². The van der Waals surface area contributed by atoms with Crippen LogP contribution in [0.4, 0.5) is 0 Å². The smallest absolute Gasteiger partial charge is 0.257 e. The van der Waals surface area contributed by atoms with E-state index in [1.54, 1.807) is 0 Å². The molecule has 0 saturated carbocycles. The van der Waals surface area contributed by atoms with Crippen molar-refractivity contribution in [1.82, 2.24) is 19.6 Å². The Morgan fingerprint density at radius 3 is 2.40 bits per heavy atom. The summed E-state index contributed by atoms with van der Waals surface area (Å²) >= 11 is 0. The Balaban J connectivity index is 1.38. The number of hydrogen-bond acceptors (Lipinski definition) is 5. The molecule has 2 fully saturated rings. The average Bonchev–Trinajstić information content (AvgIpc) is 3.44. The van der Waals surface area contributed by atoms with Crippen molar-refractivity contribution in [2.75, 3.05) is 37.7 Å². The molecule has 1 atom stereocenters. The summed E-state index contributed by atoms with van der Waals surface area (Å²) in [5.74, 6) is 0.497. The highest BCUT2D eigenvalue weighted by Gasteiger charge is 2.35. The SMILES string of the molecule is Cc1ccc(-c2nn(Cc3ccccc3)cc2C(=O)N2CCN(C3CCS(=O)(=O)C3)CC2)cc1C. The fourth-order valence-corrected chi connectivity index (χ4v) is 6.82. The van der Waals surface area contributed by atoms with Gasteiger partial charge in [-0.1, -0.05) is 42.5 Å². The van der Waals surface area contributed by atoms with E-state index in [-0.39, 0.29) is 23.5 Å². The molecule has 1 amide bonds. The molecule has 0 aliphatic carbocycles. The van der Waals surface area contributed by atoms with Gasteiger partial charge in [-0.05, 0) is 43.0 Å². The maximum Gasteiger partial charge on any atom is 0.257 e. The zero-order chi connectivity index (χ0) is 24.6. The summed E-state index contributed by atoms with van der Waals surface area (Å²) in [5.41, 5.74) is 5.76. The number of benzene rings is 2. The first-order valence-electron chi connectivity index (χ1n) is 12.2. The molecular weight excluding hydrogens is 460 g/mol. The van der Waals surface area contributed by atoms with Gasteiger partial charge in [-0.2, -0.15) is 5.10 Å². The van der Waals surface area contributed by atoms with Crippen LogP contribution in [0.25, 0.3) is 11.3 Å². The second-order valence-corrected chi connectivity index (χ2v) is 12.0. The molecule has 3 aromatic rings. The second-order valence-electron chi connectivity index (χ2n) is 9.76. The lowest BCUT2D eigenvalue weighted by molar-refractivity contribution is 0.0588. The lowest BCUT2D eigenvalue weighted by Crippen LogP contribution is -2.52. The summed E-state index contributed by atoms with van der Waals surface area (Å²) in [6.45, 7) is 7.32. The number of aryl methyl sites for hydroxylation is 2. The van der Waals surface area contributed by atoms with E-state index in [4.69, 9.17) is 5.10 Å². The summed E-state index contributed by atoms with van der Waals surface area (Å²) in [4.78, 5) is 17.8. The van der Waals surface area contributed by atoms with Gasteiger partial charge in [0.05, 0.1) is 23.6 Å². The number of carbonyl (C=O) groups excluding carboxylic acids is 1. The van der Waals surface area contributed by atoms with Gasteiger partial charge < -0.3 is 4.90 Å². The normalized spacial score (nSPS) is 20.3. The van der Waals surface area contributed by atoms with Crippen LogP contribution in [-0.4, -0.2) is 77.6 Å². The molecule has 2 aliphatic rings. The number of sulfone groups is 1. The van der Waals surface area contributed by atoms with E-state index in [1.807, 2.05) is 40.0 Å². The number of carbonyl (C=O) groups is 1. The first-order chi connectivity index (χ1) is 16.8. The van der Waals surface area contributed by atoms with E-state index in [9.17, 15) is 13.2 Å². The molecule has 0 bridgehead atoms. The van der Waals surface area contributed by atoms with Gasteiger partial charge in [0.1, 0.15) is 5.69 Å². The van der Waals surface area contributed by atoms with Crippen LogP contribution in [0.3, 0.4) is 0 Å². The molecule has 8 heteroatoms. The molecule has 35 heavy (non-hydrogen) atoms. The highest BCUT2D eigenvalue weighted by molar-refractivity contribution is 7.91. The van der Waals surface area contributed by atoms with Crippen LogP contribution in [0.1, 0.15) is 33.5 Å². The van der Waals surface area contributed by atoms with E-state index in [2.05, 4.69) is 43.0 Å². The molecule has 2 saturated heterocycles. The molecule has 1 unspecified atom stereocenters. The Kier molecular flexibility index (Phi) is 6.51. The average molecular weight is 493 g/mol. The van der Waals surface area contributed by atoms with Crippen molar-refractivity contribution in [2.24, 2.45) is 0 Å². The lowest BCUT2D eigenvalue weighted by atomic mass is 10.0. The molecule has 5 rings (SSSR count). The van der Waals surface area contributed by atoms with Crippen molar-refractivity contribution in [3.63, 3.8) is 0 Å². The molecule has 184 valence electrons. The van der Waals surface area contributed by atoms with Gasteiger partial charge in [-0.25, -0.2) is 8.42 Å². The summed E-state index contributed by atoms with van der Waals surface area (Å²) < 4.78 is 25.6. The van der Waals surface area contributed by atoms with Crippen LogP contribution in [0.15, 0.2) is 54.7 Å². The van der Waals surface area contributed by atoms with E-state index in [1.165, 1.54) is 11.1 Å². The van der Waals surface area contributed by atoms with Crippen molar-refractivity contribution in [3.05, 3.63) is 77.0 Å². The maximum atomic E-state index is 13.7. The maximum absolute atomic E-state index is 13.7. The topological polar surface area (TPSA) is 75.5 Å². The zero-order valence-electron chi connectivity index (χ0n) is 20.4. The van der Waals surface area contributed by atoms with Crippen molar-refractivity contribution < 1.29 is 13.2 Å². The highest BCUT2D eigenvalue weighted by atomic mass is 32.2. The lowest BCUT2D eigenvalue weighted by Gasteiger charge is -2.37. The van der Waals surface area contributed by atoms with Crippen LogP contribution < -0.4 is 0 Å². The van der Waals surface area contributed by atoms with E-state index >= 15 is 0 Å². The third-order valence-corrected chi connectivity index (χ3v) is 9.04. The van der Waals surface area contributed by atoms with Crippen molar-refractivity contribution in [2.45, 2.75) is 32.9 Å². The van der Waals surface area contributed by atoms with Crippen LogP contribution in [-0.2, 0) is 16.4 Å². The minimum Gasteiger partial charge on any atom is -0.336 e. The molecular formula is C27H32N4O3S. The number of rotatable bonds is 5. The van der Waals surface area contributed by atoms with E-state index in [0.717, 1.165) is 11.1 Å². The summed E-state index contributed by atoms with van der Waals surface area (Å²) in [7, 11) is -2.92. The zero-order valence-corrected chi connectivity index (χ0v) is 21.2. The predicted octanol–water partition coefficient (Wildman–Crippen LogP) is 3.16. The van der Waals surface area contributed by atoms with E-state index < -0.39 is 9.84 Å². The van der Waals surface area contributed by atoms with Crippen molar-refractivity contribution in [3.8, 4) is 11.3 Å². The molecule has 0 spiro atoms. The molecule has 1 aromatic heterocycles. The predicted molar refractivity (Wildman–Crippen MR) is 137 cm³/mol. The third kappa shape index (κ3) is 5.18. The number of nitrogens with zero attached hydrogens (tertiary/aromatic N) is 4. The van der Waals surface area contributed by atoms with Crippen molar-refractivity contribution in [1.29, 1.82) is 0 Å². The quantitative estimate of drug-likeness (QED) is 0.547. The largest absolute Gasteiger partial charge is 0.336 e. The summed E-state index contributed by atoms with van der Waals surface area (Å²) in [5, 5.41) is 4.85. The van der Waals surface area contributed by atoms with Crippen LogP contribution in [0.2, 0.25) is 0 Å². The number of piperazine rings is 1. The molecule has 7 nitrogen and oxygen atoms in total. The number of aromatic nitrogens is 2. The standard InChI is InChI=1S/C27H32N4O3S/c1-20-8-9-23(16-21(20)2)26-25(18-31(28-26)17-22-6-4-3-5-7-22)27(32)30-13-11-29(12-14-30)24-10-15-35(33,34)19-24/h3-9,16,18,24H,10-15,17,19H2,1-2H3. The minimum absolute atomic E-state index is 0.0174. The first kappa shape index (κ1) is 23.8. The van der Waals surface area contributed by atoms with E-state index in [0.29, 0.717) is 50.4 Å². The van der Waals surface area contributed by atoms with Gasteiger partial charge in [0, 0.05) is 44.0 Å². The summed E-state index contributed by atoms with van der Waals surface area (Å²) in [6.07, 6.45) is 2.56. The molecule has 2 aromatic carbocycles.